The number of rotatable bonds is 6. The van der Waals surface area contributed by atoms with Crippen LogP contribution in [0.4, 0.5) is 18.9 Å². The molecule has 2 heterocycles. The molecule has 0 aliphatic carbocycles. The Morgan fingerprint density at radius 2 is 2.07 bits per heavy atom. The summed E-state index contributed by atoms with van der Waals surface area (Å²) in [7, 11) is 0. The average Bonchev–Trinajstić information content (AvgIpc) is 3.05. The number of carbonyl (C=O) groups is 1. The Labute approximate surface area is 176 Å². The second-order valence-electron chi connectivity index (χ2n) is 7.04. The molecule has 2 aromatic rings. The molecule has 0 unspecified atom stereocenters. The van der Waals surface area contributed by atoms with Crippen molar-refractivity contribution in [2.45, 2.75) is 39.0 Å². The zero-order valence-electron chi connectivity index (χ0n) is 16.5. The minimum Gasteiger partial charge on any atom is -0.387 e. The van der Waals surface area contributed by atoms with Crippen molar-refractivity contribution < 1.29 is 18.0 Å². The Kier molecular flexibility index (Phi) is 6.62. The highest BCUT2D eigenvalue weighted by Crippen LogP contribution is 2.34. The van der Waals surface area contributed by atoms with Gasteiger partial charge >= 0.3 is 6.18 Å². The Hall–Kier alpha value is -2.65. The van der Waals surface area contributed by atoms with Gasteiger partial charge in [0.05, 0.1) is 16.1 Å². The fraction of sp³-hybridized carbons (Fsp3) is 0.333. The quantitative estimate of drug-likeness (QED) is 0.702. The molecule has 3 rings (SSSR count). The van der Waals surface area contributed by atoms with Gasteiger partial charge in [0.1, 0.15) is 5.84 Å². The Morgan fingerprint density at radius 3 is 2.73 bits per heavy atom. The topological polar surface area (TPSA) is 84.7 Å². The normalized spacial score (nSPS) is 13.9. The van der Waals surface area contributed by atoms with Gasteiger partial charge in [-0.1, -0.05) is 19.1 Å². The van der Waals surface area contributed by atoms with E-state index >= 15 is 0 Å². The van der Waals surface area contributed by atoms with Gasteiger partial charge in [-0.15, -0.1) is 11.3 Å². The van der Waals surface area contributed by atoms with E-state index in [-0.39, 0.29) is 31.0 Å². The van der Waals surface area contributed by atoms with Crippen molar-refractivity contribution in [2.24, 2.45) is 16.5 Å². The number of amidine groups is 1. The number of carbonyl (C=O) groups excluding carboxylic acids is 1. The molecule has 5 nitrogen and oxygen atoms in total. The maximum absolute atomic E-state index is 13.4. The average molecular weight is 437 g/mol. The summed E-state index contributed by atoms with van der Waals surface area (Å²) >= 11 is 1.45. The molecular weight excluding hydrogens is 413 g/mol. The van der Waals surface area contributed by atoms with Crippen LogP contribution in [0.1, 0.15) is 41.3 Å². The Morgan fingerprint density at radius 1 is 1.30 bits per heavy atom. The van der Waals surface area contributed by atoms with Crippen LogP contribution in [0, 0.1) is 0 Å². The molecule has 1 aliphatic heterocycles. The third-order valence-corrected chi connectivity index (χ3v) is 5.60. The Bertz CT molecular complexity index is 994. The summed E-state index contributed by atoms with van der Waals surface area (Å²) in [5, 5.41) is 1.87. The van der Waals surface area contributed by atoms with Crippen LogP contribution in [-0.4, -0.2) is 23.2 Å². The molecule has 1 aliphatic rings. The number of amides is 1. The number of aliphatic imine (C=N–C) groups is 1. The zero-order chi connectivity index (χ0) is 21.9. The number of thiophene rings is 1. The zero-order valence-corrected chi connectivity index (χ0v) is 17.3. The van der Waals surface area contributed by atoms with Crippen LogP contribution in [0.2, 0.25) is 0 Å². The van der Waals surface area contributed by atoms with Gasteiger partial charge < -0.3 is 16.4 Å². The van der Waals surface area contributed by atoms with Gasteiger partial charge in [0.2, 0.25) is 0 Å². The van der Waals surface area contributed by atoms with Gasteiger partial charge in [-0.3, -0.25) is 4.79 Å². The first-order valence-corrected chi connectivity index (χ1v) is 10.4. The Balaban J connectivity index is 1.90. The second kappa shape index (κ2) is 9.01. The van der Waals surface area contributed by atoms with E-state index in [0.29, 0.717) is 29.9 Å². The van der Waals surface area contributed by atoms with Crippen LogP contribution in [0.25, 0.3) is 6.08 Å². The van der Waals surface area contributed by atoms with E-state index in [4.69, 9.17) is 11.5 Å². The molecule has 9 heteroatoms. The lowest BCUT2D eigenvalue weighted by Gasteiger charge is -2.24. The molecule has 0 atom stereocenters. The summed E-state index contributed by atoms with van der Waals surface area (Å²) in [4.78, 5) is 19.9. The van der Waals surface area contributed by atoms with E-state index < -0.39 is 11.7 Å². The molecule has 0 saturated heterocycles. The minimum atomic E-state index is -4.51. The number of halogens is 3. The van der Waals surface area contributed by atoms with Gasteiger partial charge in [0.25, 0.3) is 5.91 Å². The number of benzene rings is 1. The molecule has 0 spiro atoms. The number of hydrogen-bond donors (Lipinski definition) is 2. The van der Waals surface area contributed by atoms with E-state index in [1.54, 1.807) is 17.0 Å². The molecule has 0 fully saturated rings. The fourth-order valence-corrected chi connectivity index (χ4v) is 4.15. The van der Waals surface area contributed by atoms with E-state index in [1.807, 2.05) is 18.4 Å². The number of alkyl halides is 3. The second-order valence-corrected chi connectivity index (χ2v) is 7.99. The number of nitrogens with zero attached hydrogens (tertiary/aromatic N) is 2. The van der Waals surface area contributed by atoms with Crippen LogP contribution < -0.4 is 11.5 Å². The lowest BCUT2D eigenvalue weighted by atomic mass is 10.0. The number of nitrogens with two attached hydrogens (primary N) is 2. The molecule has 160 valence electrons. The SMILES string of the molecule is CCCN(Cc1ccc(CN)c(C(F)(F)F)c1)C(=O)C1=Cc2sccc2N=C(N)C1. The molecule has 0 saturated carbocycles. The van der Waals surface area contributed by atoms with Crippen molar-refractivity contribution in [1.29, 1.82) is 0 Å². The molecule has 0 bridgehead atoms. The standard InChI is InChI=1S/C21H23F3N4OS/c1-2-6-28(12-13-3-4-14(11-25)16(8-13)21(22,23)24)20(29)15-9-18-17(5-7-30-18)27-19(26)10-15/h3-5,7-9H,2,6,10-12,25H2,1H3,(H2,26,27). The van der Waals surface area contributed by atoms with E-state index in [0.717, 1.165) is 16.6 Å². The summed E-state index contributed by atoms with van der Waals surface area (Å²) in [5.41, 5.74) is 12.3. The molecular formula is C21H23F3N4OS. The van der Waals surface area contributed by atoms with Crippen molar-refractivity contribution in [3.63, 3.8) is 0 Å². The highest BCUT2D eigenvalue weighted by Gasteiger charge is 2.33. The molecule has 0 radical (unpaired) electrons. The molecule has 1 aromatic carbocycles. The van der Waals surface area contributed by atoms with Gasteiger partial charge in [-0.25, -0.2) is 4.99 Å². The lowest BCUT2D eigenvalue weighted by molar-refractivity contribution is -0.138. The first kappa shape index (κ1) is 22.0. The van der Waals surface area contributed by atoms with E-state index in [2.05, 4.69) is 4.99 Å². The summed E-state index contributed by atoms with van der Waals surface area (Å²) < 4.78 is 40.1. The van der Waals surface area contributed by atoms with Crippen molar-refractivity contribution in [3.8, 4) is 0 Å². The summed E-state index contributed by atoms with van der Waals surface area (Å²) in [5.74, 6) is 0.0718. The summed E-state index contributed by atoms with van der Waals surface area (Å²) in [6.07, 6.45) is -1.87. The van der Waals surface area contributed by atoms with Crippen molar-refractivity contribution >= 4 is 34.8 Å². The van der Waals surface area contributed by atoms with Crippen LogP contribution in [0.3, 0.4) is 0 Å². The smallest absolute Gasteiger partial charge is 0.387 e. The number of fused-ring (bicyclic) bond motifs is 1. The third-order valence-electron chi connectivity index (χ3n) is 4.74. The fourth-order valence-electron chi connectivity index (χ4n) is 3.36. The molecule has 1 amide bonds. The van der Waals surface area contributed by atoms with Crippen LogP contribution >= 0.6 is 11.3 Å². The van der Waals surface area contributed by atoms with E-state index in [9.17, 15) is 18.0 Å². The molecule has 30 heavy (non-hydrogen) atoms. The summed E-state index contributed by atoms with van der Waals surface area (Å²) in [6, 6.07) is 5.87. The molecule has 1 aromatic heterocycles. The van der Waals surface area contributed by atoms with Gasteiger partial charge in [-0.2, -0.15) is 13.2 Å². The highest BCUT2D eigenvalue weighted by atomic mass is 32.1. The van der Waals surface area contributed by atoms with Gasteiger partial charge in [-0.05, 0) is 41.1 Å². The maximum atomic E-state index is 13.4. The van der Waals surface area contributed by atoms with Crippen LogP contribution in [0.5, 0.6) is 0 Å². The summed E-state index contributed by atoms with van der Waals surface area (Å²) in [6.45, 7) is 2.17. The first-order valence-electron chi connectivity index (χ1n) is 9.52. The van der Waals surface area contributed by atoms with Crippen molar-refractivity contribution in [3.05, 3.63) is 56.8 Å². The van der Waals surface area contributed by atoms with Crippen LogP contribution in [0.15, 0.2) is 40.2 Å². The van der Waals surface area contributed by atoms with Crippen LogP contribution in [-0.2, 0) is 24.1 Å². The van der Waals surface area contributed by atoms with Gasteiger partial charge in [0.15, 0.2) is 0 Å². The van der Waals surface area contributed by atoms with Gasteiger partial charge in [0, 0.05) is 31.6 Å². The monoisotopic (exact) mass is 436 g/mol. The first-order chi connectivity index (χ1) is 14.2. The number of hydrogen-bond acceptors (Lipinski definition) is 5. The molecule has 4 N–H and O–H groups in total. The minimum absolute atomic E-state index is 0.0281. The maximum Gasteiger partial charge on any atom is 0.416 e. The lowest BCUT2D eigenvalue weighted by Crippen LogP contribution is -2.33. The van der Waals surface area contributed by atoms with E-state index in [1.165, 1.54) is 17.4 Å². The predicted molar refractivity (Wildman–Crippen MR) is 113 cm³/mol. The highest BCUT2D eigenvalue weighted by molar-refractivity contribution is 7.11. The van der Waals surface area contributed by atoms with Crippen molar-refractivity contribution in [1.82, 2.24) is 4.90 Å². The largest absolute Gasteiger partial charge is 0.416 e. The third kappa shape index (κ3) is 4.91. The predicted octanol–water partition coefficient (Wildman–Crippen LogP) is 4.44. The van der Waals surface area contributed by atoms with Crippen molar-refractivity contribution in [2.75, 3.05) is 6.54 Å².